The number of fused-ring (bicyclic) bond motifs is 1. The summed E-state index contributed by atoms with van der Waals surface area (Å²) >= 11 is 0. The molecule has 0 aromatic heterocycles. The molecule has 2 heterocycles. The molecular weight excluding hydrogens is 420 g/mol. The molecule has 2 aliphatic rings. The van der Waals surface area contributed by atoms with E-state index in [4.69, 9.17) is 0 Å². The van der Waals surface area contributed by atoms with Crippen molar-refractivity contribution in [3.05, 3.63) is 57.6 Å². The van der Waals surface area contributed by atoms with Crippen molar-refractivity contribution in [3.63, 3.8) is 0 Å². The fourth-order valence-electron chi connectivity index (χ4n) is 4.21. The second kappa shape index (κ2) is 8.45. The lowest BCUT2D eigenvalue weighted by Crippen LogP contribution is -2.47. The number of nitro benzene ring substituents is 1. The quantitative estimate of drug-likeness (QED) is 0.564. The van der Waals surface area contributed by atoms with Crippen LogP contribution >= 0.6 is 0 Å². The summed E-state index contributed by atoms with van der Waals surface area (Å²) in [5, 5.41) is 21.6. The summed E-state index contributed by atoms with van der Waals surface area (Å²) in [4.78, 5) is 15.3. The number of phenols is 1. The molecule has 0 bridgehead atoms. The van der Waals surface area contributed by atoms with E-state index in [1.54, 1.807) is 18.2 Å². The van der Waals surface area contributed by atoms with E-state index in [2.05, 4.69) is 4.90 Å². The Balaban J connectivity index is 1.62. The molecule has 10 heteroatoms. The van der Waals surface area contributed by atoms with E-state index in [0.717, 1.165) is 11.1 Å². The van der Waals surface area contributed by atoms with Crippen molar-refractivity contribution in [2.24, 2.45) is 0 Å². The maximum absolute atomic E-state index is 13.0. The fraction of sp³-hybridized carbons (Fsp3) is 0.429. The number of hydrogen-bond acceptors (Lipinski definition) is 7. The molecule has 0 radical (unpaired) electrons. The summed E-state index contributed by atoms with van der Waals surface area (Å²) in [5.74, 6) is 0.205. The van der Waals surface area contributed by atoms with Crippen LogP contribution < -0.4 is 4.90 Å². The highest BCUT2D eigenvalue weighted by Gasteiger charge is 2.31. The number of likely N-dealkylation sites (N-methyl/N-ethyl adjacent to an activating group) is 1. The van der Waals surface area contributed by atoms with Crippen molar-refractivity contribution in [2.75, 3.05) is 51.2 Å². The normalized spacial score (nSPS) is 18.4. The van der Waals surface area contributed by atoms with Crippen LogP contribution in [0.3, 0.4) is 0 Å². The highest BCUT2D eigenvalue weighted by Crippen LogP contribution is 2.33. The summed E-state index contributed by atoms with van der Waals surface area (Å²) in [7, 11) is -1.85. The van der Waals surface area contributed by atoms with Crippen LogP contribution in [0.15, 0.2) is 41.3 Å². The van der Waals surface area contributed by atoms with Gasteiger partial charge in [-0.2, -0.15) is 4.31 Å². The molecule has 2 aromatic carbocycles. The Morgan fingerprint density at radius 2 is 1.61 bits per heavy atom. The second-order valence-electron chi connectivity index (χ2n) is 8.06. The molecule has 31 heavy (non-hydrogen) atoms. The zero-order valence-corrected chi connectivity index (χ0v) is 18.2. The summed E-state index contributed by atoms with van der Waals surface area (Å²) in [6.45, 7) is 3.11. The lowest BCUT2D eigenvalue weighted by atomic mass is 10.0. The molecule has 0 spiro atoms. The van der Waals surface area contributed by atoms with E-state index >= 15 is 0 Å². The molecule has 0 atom stereocenters. The van der Waals surface area contributed by atoms with Gasteiger partial charge < -0.3 is 14.9 Å². The summed E-state index contributed by atoms with van der Waals surface area (Å²) < 4.78 is 27.5. The predicted molar refractivity (Wildman–Crippen MR) is 117 cm³/mol. The maximum atomic E-state index is 13.0. The van der Waals surface area contributed by atoms with Crippen molar-refractivity contribution in [1.29, 1.82) is 0 Å². The van der Waals surface area contributed by atoms with Crippen LogP contribution in [0.4, 0.5) is 11.4 Å². The van der Waals surface area contributed by atoms with Crippen molar-refractivity contribution < 1.29 is 18.4 Å². The third-order valence-electron chi connectivity index (χ3n) is 6.08. The van der Waals surface area contributed by atoms with Gasteiger partial charge in [-0.1, -0.05) is 6.07 Å². The molecule has 2 aromatic rings. The number of anilines is 1. The lowest BCUT2D eigenvalue weighted by molar-refractivity contribution is -0.384. The Hall–Kier alpha value is -2.69. The summed E-state index contributed by atoms with van der Waals surface area (Å²) in [5.41, 5.74) is 2.35. The van der Waals surface area contributed by atoms with Gasteiger partial charge in [0.1, 0.15) is 11.4 Å². The Labute approximate surface area is 181 Å². The van der Waals surface area contributed by atoms with Gasteiger partial charge in [0.15, 0.2) is 0 Å². The number of piperazine rings is 1. The molecule has 166 valence electrons. The van der Waals surface area contributed by atoms with Crippen molar-refractivity contribution >= 4 is 21.4 Å². The van der Waals surface area contributed by atoms with Gasteiger partial charge >= 0.3 is 0 Å². The molecule has 1 saturated heterocycles. The molecule has 9 nitrogen and oxygen atoms in total. The zero-order valence-electron chi connectivity index (χ0n) is 17.4. The average Bonchev–Trinajstić information content (AvgIpc) is 2.95. The van der Waals surface area contributed by atoms with Crippen molar-refractivity contribution in [1.82, 2.24) is 9.21 Å². The van der Waals surface area contributed by atoms with E-state index < -0.39 is 14.9 Å². The summed E-state index contributed by atoms with van der Waals surface area (Å²) in [6.07, 6.45) is 1.33. The van der Waals surface area contributed by atoms with E-state index in [0.29, 0.717) is 57.8 Å². The summed E-state index contributed by atoms with van der Waals surface area (Å²) in [6, 6.07) is 9.48. The number of nitrogens with zero attached hydrogens (tertiary/aromatic N) is 4. The van der Waals surface area contributed by atoms with Crippen molar-refractivity contribution in [2.45, 2.75) is 17.7 Å². The zero-order chi connectivity index (χ0) is 22.2. The average molecular weight is 447 g/mol. The molecule has 0 unspecified atom stereocenters. The van der Waals surface area contributed by atoms with Crippen LogP contribution in [-0.4, -0.2) is 74.0 Å². The van der Waals surface area contributed by atoms with Crippen LogP contribution in [0, 0.1) is 10.1 Å². The molecule has 4 rings (SSSR count). The van der Waals surface area contributed by atoms with Gasteiger partial charge in [0.25, 0.3) is 5.69 Å². The maximum Gasteiger partial charge on any atom is 0.293 e. The first-order chi connectivity index (χ1) is 14.8. The van der Waals surface area contributed by atoms with Gasteiger partial charge in [0, 0.05) is 45.3 Å². The Morgan fingerprint density at radius 3 is 2.29 bits per heavy atom. The van der Waals surface area contributed by atoms with Gasteiger partial charge in [-0.15, -0.1) is 0 Å². The van der Waals surface area contributed by atoms with Gasteiger partial charge in [-0.05, 0) is 55.3 Å². The Bertz CT molecular complexity index is 1100. The largest absolute Gasteiger partial charge is 0.508 e. The van der Waals surface area contributed by atoms with Gasteiger partial charge in [-0.3, -0.25) is 10.1 Å². The SMILES string of the molecule is CN1CCN(S(=O)(=O)c2ccc(N3CCc4ccc(O)cc4CC3)c([N+](=O)[O-])c2)CC1. The van der Waals surface area contributed by atoms with Crippen LogP contribution in [-0.2, 0) is 22.9 Å². The molecule has 0 amide bonds. The highest BCUT2D eigenvalue weighted by molar-refractivity contribution is 7.89. The molecule has 0 aliphatic carbocycles. The fourth-order valence-corrected chi connectivity index (χ4v) is 5.65. The van der Waals surface area contributed by atoms with Crippen LogP contribution in [0.5, 0.6) is 5.75 Å². The van der Waals surface area contributed by atoms with E-state index in [-0.39, 0.29) is 16.3 Å². The molecular formula is C21H26N4O5S. The minimum Gasteiger partial charge on any atom is -0.508 e. The Kier molecular flexibility index (Phi) is 5.87. The van der Waals surface area contributed by atoms with Gasteiger partial charge in [0.2, 0.25) is 10.0 Å². The number of sulfonamides is 1. The minimum atomic E-state index is -3.79. The highest BCUT2D eigenvalue weighted by atomic mass is 32.2. The molecule has 1 N–H and O–H groups in total. The van der Waals surface area contributed by atoms with Crippen LogP contribution in [0.2, 0.25) is 0 Å². The van der Waals surface area contributed by atoms with Gasteiger partial charge in [0.05, 0.1) is 9.82 Å². The predicted octanol–water partition coefficient (Wildman–Crippen LogP) is 1.84. The molecule has 2 aliphatic heterocycles. The standard InChI is InChI=1S/C21H26N4O5S/c1-22-10-12-24(13-11-22)31(29,30)19-4-5-20(21(15-19)25(27)28)23-8-6-16-2-3-18(26)14-17(16)7-9-23/h2-5,14-15,26H,6-13H2,1H3. The molecule has 1 fully saturated rings. The first-order valence-corrected chi connectivity index (χ1v) is 11.7. The minimum absolute atomic E-state index is 0.0458. The lowest BCUT2D eigenvalue weighted by Gasteiger charge is -2.31. The number of nitro groups is 1. The number of aromatic hydroxyl groups is 1. The van der Waals surface area contributed by atoms with E-state index in [1.165, 1.54) is 16.4 Å². The topological polar surface area (TPSA) is 107 Å². The number of phenolic OH excluding ortho intramolecular Hbond substituents is 1. The first kappa shape index (κ1) is 21.5. The third kappa shape index (κ3) is 4.36. The second-order valence-corrected chi connectivity index (χ2v) is 9.99. The molecule has 0 saturated carbocycles. The van der Waals surface area contributed by atoms with Crippen molar-refractivity contribution in [3.8, 4) is 5.75 Å². The van der Waals surface area contributed by atoms with E-state index in [1.807, 2.05) is 18.0 Å². The third-order valence-corrected chi connectivity index (χ3v) is 7.97. The van der Waals surface area contributed by atoms with Gasteiger partial charge in [-0.25, -0.2) is 8.42 Å². The number of hydrogen-bond donors (Lipinski definition) is 1. The monoisotopic (exact) mass is 446 g/mol. The Morgan fingerprint density at radius 1 is 0.935 bits per heavy atom. The van der Waals surface area contributed by atoms with E-state index in [9.17, 15) is 23.6 Å². The first-order valence-electron chi connectivity index (χ1n) is 10.3. The van der Waals surface area contributed by atoms with Crippen LogP contribution in [0.1, 0.15) is 11.1 Å². The van der Waals surface area contributed by atoms with Crippen LogP contribution in [0.25, 0.3) is 0 Å². The number of benzene rings is 2. The smallest absolute Gasteiger partial charge is 0.293 e. The number of rotatable bonds is 4.